The van der Waals surface area contributed by atoms with Crippen LogP contribution in [0.1, 0.15) is 33.1 Å². The Morgan fingerprint density at radius 3 is 2.73 bits per heavy atom. The van der Waals surface area contributed by atoms with Gasteiger partial charge in [-0.2, -0.15) is 0 Å². The van der Waals surface area contributed by atoms with Gasteiger partial charge in [-0.3, -0.25) is 14.6 Å². The van der Waals surface area contributed by atoms with Crippen molar-refractivity contribution >= 4 is 5.78 Å². The maximum Gasteiger partial charge on any atom is 0.146 e. The minimum atomic E-state index is 0.116. The van der Waals surface area contributed by atoms with E-state index in [4.69, 9.17) is 0 Å². The average Bonchev–Trinajstić information content (AvgIpc) is 2.54. The molecule has 0 radical (unpaired) electrons. The van der Waals surface area contributed by atoms with E-state index < -0.39 is 0 Å². The molecule has 2 unspecified atom stereocenters. The lowest BCUT2D eigenvalue weighted by molar-refractivity contribution is -0.121. The molecule has 2 saturated heterocycles. The Bertz CT molecular complexity index is 242. The summed E-state index contributed by atoms with van der Waals surface area (Å²) in [6.45, 7) is 8.45. The van der Waals surface area contributed by atoms with Gasteiger partial charge in [0.1, 0.15) is 5.78 Å². The van der Waals surface area contributed by atoms with Crippen LogP contribution in [0, 0.1) is 0 Å². The fraction of sp³-hybridized carbons (Fsp3) is 0.917. The van der Waals surface area contributed by atoms with Gasteiger partial charge in [0, 0.05) is 19.1 Å². The normalized spacial score (nSPS) is 30.9. The molecule has 0 aromatic carbocycles. The number of carbonyl (C=O) groups excluding carboxylic acids is 1. The van der Waals surface area contributed by atoms with E-state index in [2.05, 4.69) is 9.80 Å². The molecule has 3 nitrogen and oxygen atoms in total. The Morgan fingerprint density at radius 1 is 1.27 bits per heavy atom. The molecule has 86 valence electrons. The second-order valence-electron chi connectivity index (χ2n) is 4.97. The maximum absolute atomic E-state index is 11.4. The zero-order valence-electron chi connectivity index (χ0n) is 9.91. The highest BCUT2D eigenvalue weighted by molar-refractivity contribution is 5.80. The van der Waals surface area contributed by atoms with E-state index in [-0.39, 0.29) is 6.04 Å². The highest BCUT2D eigenvalue weighted by atomic mass is 16.1. The summed E-state index contributed by atoms with van der Waals surface area (Å²) in [6, 6.07) is 0.833. The summed E-state index contributed by atoms with van der Waals surface area (Å²) in [7, 11) is 0. The van der Waals surface area contributed by atoms with Crippen LogP contribution in [0.3, 0.4) is 0 Å². The third-order valence-electron chi connectivity index (χ3n) is 3.97. The summed E-state index contributed by atoms with van der Waals surface area (Å²) in [5.74, 6) is 0.307. The summed E-state index contributed by atoms with van der Waals surface area (Å²) in [5, 5.41) is 0. The van der Waals surface area contributed by atoms with Gasteiger partial charge in [0.2, 0.25) is 0 Å². The molecule has 2 aliphatic rings. The van der Waals surface area contributed by atoms with Crippen LogP contribution in [-0.2, 0) is 4.79 Å². The Kier molecular flexibility index (Phi) is 3.42. The molecule has 0 aromatic rings. The highest BCUT2D eigenvalue weighted by Crippen LogP contribution is 2.22. The smallest absolute Gasteiger partial charge is 0.146 e. The van der Waals surface area contributed by atoms with Gasteiger partial charge in [-0.15, -0.1) is 0 Å². The standard InChI is InChI=1S/C12H22N2O/c1-10(11(2)15)14-8-4-7-13-6-3-5-12(13)9-14/h10,12H,3-9H2,1-2H3. The molecular weight excluding hydrogens is 188 g/mol. The average molecular weight is 210 g/mol. The Morgan fingerprint density at radius 2 is 2.00 bits per heavy atom. The van der Waals surface area contributed by atoms with Crippen LogP contribution < -0.4 is 0 Å². The SMILES string of the molecule is CC(=O)C(C)N1CCCN2CCCC2C1. The van der Waals surface area contributed by atoms with E-state index in [1.165, 1.54) is 32.4 Å². The number of Topliss-reactive ketones (excluding diaryl/α,β-unsaturated/α-hetero) is 1. The zero-order chi connectivity index (χ0) is 10.8. The Labute approximate surface area is 92.4 Å². The zero-order valence-corrected chi connectivity index (χ0v) is 9.91. The van der Waals surface area contributed by atoms with Gasteiger partial charge in [-0.05, 0) is 46.2 Å². The van der Waals surface area contributed by atoms with Crippen LogP contribution in [-0.4, -0.2) is 53.8 Å². The van der Waals surface area contributed by atoms with Crippen LogP contribution >= 0.6 is 0 Å². The van der Waals surface area contributed by atoms with Crippen LogP contribution in [0.5, 0.6) is 0 Å². The number of carbonyl (C=O) groups is 1. The van der Waals surface area contributed by atoms with Gasteiger partial charge in [-0.1, -0.05) is 0 Å². The molecule has 0 bridgehead atoms. The monoisotopic (exact) mass is 210 g/mol. The first kappa shape index (κ1) is 11.1. The molecule has 0 spiro atoms. The van der Waals surface area contributed by atoms with Crippen LogP contribution in [0.2, 0.25) is 0 Å². The first-order valence-electron chi connectivity index (χ1n) is 6.17. The lowest BCUT2D eigenvalue weighted by Crippen LogP contribution is -2.43. The molecule has 0 amide bonds. The van der Waals surface area contributed by atoms with Crippen LogP contribution in [0.4, 0.5) is 0 Å². The van der Waals surface area contributed by atoms with Crippen LogP contribution in [0.15, 0.2) is 0 Å². The van der Waals surface area contributed by atoms with E-state index in [9.17, 15) is 4.79 Å². The molecule has 2 rings (SSSR count). The molecule has 0 saturated carbocycles. The third kappa shape index (κ3) is 2.40. The van der Waals surface area contributed by atoms with Gasteiger partial charge in [0.25, 0.3) is 0 Å². The van der Waals surface area contributed by atoms with Crippen molar-refractivity contribution in [2.45, 2.75) is 45.2 Å². The number of rotatable bonds is 2. The molecule has 2 heterocycles. The number of ketones is 1. The van der Waals surface area contributed by atoms with Gasteiger partial charge in [-0.25, -0.2) is 0 Å². The van der Waals surface area contributed by atoms with Crippen molar-refractivity contribution in [2.24, 2.45) is 0 Å². The number of nitrogens with zero attached hydrogens (tertiary/aromatic N) is 2. The van der Waals surface area contributed by atoms with Crippen molar-refractivity contribution in [3.05, 3.63) is 0 Å². The van der Waals surface area contributed by atoms with Gasteiger partial charge < -0.3 is 0 Å². The predicted octanol–water partition coefficient (Wildman–Crippen LogP) is 1.13. The molecule has 2 fully saturated rings. The molecule has 0 aliphatic carbocycles. The first-order chi connectivity index (χ1) is 7.18. The molecule has 0 aromatic heterocycles. The van der Waals surface area contributed by atoms with E-state index in [1.54, 1.807) is 6.92 Å². The number of fused-ring (bicyclic) bond motifs is 1. The molecule has 2 aliphatic heterocycles. The van der Waals surface area contributed by atoms with E-state index in [0.717, 1.165) is 13.1 Å². The van der Waals surface area contributed by atoms with Crippen LogP contribution in [0.25, 0.3) is 0 Å². The molecule has 0 N–H and O–H groups in total. The summed E-state index contributed by atoms with van der Waals surface area (Å²) >= 11 is 0. The highest BCUT2D eigenvalue weighted by Gasteiger charge is 2.31. The minimum Gasteiger partial charge on any atom is -0.299 e. The summed E-state index contributed by atoms with van der Waals surface area (Å²) < 4.78 is 0. The second kappa shape index (κ2) is 4.62. The number of hydrogen-bond acceptors (Lipinski definition) is 3. The quantitative estimate of drug-likeness (QED) is 0.683. The van der Waals surface area contributed by atoms with E-state index in [1.807, 2.05) is 6.92 Å². The first-order valence-corrected chi connectivity index (χ1v) is 6.17. The summed E-state index contributed by atoms with van der Waals surface area (Å²) in [4.78, 5) is 16.4. The molecule has 3 heteroatoms. The summed E-state index contributed by atoms with van der Waals surface area (Å²) in [5.41, 5.74) is 0. The van der Waals surface area contributed by atoms with Crippen molar-refractivity contribution < 1.29 is 4.79 Å². The lowest BCUT2D eigenvalue weighted by atomic mass is 10.1. The summed E-state index contributed by atoms with van der Waals surface area (Å²) in [6.07, 6.45) is 3.88. The largest absolute Gasteiger partial charge is 0.299 e. The van der Waals surface area contributed by atoms with Crippen molar-refractivity contribution in [2.75, 3.05) is 26.2 Å². The fourth-order valence-corrected chi connectivity index (χ4v) is 2.84. The van der Waals surface area contributed by atoms with Gasteiger partial charge in [0.15, 0.2) is 0 Å². The topological polar surface area (TPSA) is 23.6 Å². The molecule has 2 atom stereocenters. The van der Waals surface area contributed by atoms with Crippen molar-refractivity contribution in [1.29, 1.82) is 0 Å². The fourth-order valence-electron chi connectivity index (χ4n) is 2.84. The lowest BCUT2D eigenvalue weighted by Gasteiger charge is -2.29. The minimum absolute atomic E-state index is 0.116. The van der Waals surface area contributed by atoms with Crippen molar-refractivity contribution in [3.8, 4) is 0 Å². The van der Waals surface area contributed by atoms with Gasteiger partial charge >= 0.3 is 0 Å². The van der Waals surface area contributed by atoms with Crippen molar-refractivity contribution in [1.82, 2.24) is 9.80 Å². The van der Waals surface area contributed by atoms with E-state index >= 15 is 0 Å². The second-order valence-corrected chi connectivity index (χ2v) is 4.97. The van der Waals surface area contributed by atoms with E-state index in [0.29, 0.717) is 11.8 Å². The van der Waals surface area contributed by atoms with Crippen molar-refractivity contribution in [3.63, 3.8) is 0 Å². The van der Waals surface area contributed by atoms with Gasteiger partial charge in [0.05, 0.1) is 6.04 Å². The molecular formula is C12H22N2O. The number of hydrogen-bond donors (Lipinski definition) is 0. The third-order valence-corrected chi connectivity index (χ3v) is 3.97. The molecule has 15 heavy (non-hydrogen) atoms. The Balaban J connectivity index is 1.99. The maximum atomic E-state index is 11.4. The Hall–Kier alpha value is -0.410. The predicted molar refractivity (Wildman–Crippen MR) is 60.9 cm³/mol.